The summed E-state index contributed by atoms with van der Waals surface area (Å²) < 4.78 is 23.4. The maximum Gasteiger partial charge on any atom is 0.236 e. The molecule has 138 valence electrons. The molecule has 1 heterocycles. The lowest BCUT2D eigenvalue weighted by molar-refractivity contribution is -0.131. The zero-order valence-electron chi connectivity index (χ0n) is 14.7. The molecule has 8 heteroatoms. The average Bonchev–Trinajstić information content (AvgIpc) is 2.89. The van der Waals surface area contributed by atoms with Gasteiger partial charge >= 0.3 is 0 Å². The summed E-state index contributed by atoms with van der Waals surface area (Å²) in [6.07, 6.45) is 0.519. The number of nitrogens with zero attached hydrogens (tertiary/aromatic N) is 1. The molecule has 0 aliphatic carbocycles. The molecule has 1 aliphatic heterocycles. The smallest absolute Gasteiger partial charge is 0.236 e. The normalized spacial score (nSPS) is 20.0. The summed E-state index contributed by atoms with van der Waals surface area (Å²) in [7, 11) is -3.02. The Morgan fingerprint density at radius 3 is 2.44 bits per heavy atom. The molecular formula is C17H24N2O4S2. The number of benzene rings is 1. The topological polar surface area (TPSA) is 83.6 Å². The van der Waals surface area contributed by atoms with Gasteiger partial charge in [0.15, 0.2) is 9.84 Å². The van der Waals surface area contributed by atoms with E-state index in [2.05, 4.69) is 5.32 Å². The zero-order valence-corrected chi connectivity index (χ0v) is 16.3. The lowest BCUT2D eigenvalue weighted by Gasteiger charge is -2.29. The van der Waals surface area contributed by atoms with Gasteiger partial charge in [0.2, 0.25) is 11.8 Å². The molecule has 2 atom stereocenters. The molecule has 2 amide bonds. The fourth-order valence-corrected chi connectivity index (χ4v) is 5.59. The van der Waals surface area contributed by atoms with Crippen molar-refractivity contribution in [3.05, 3.63) is 24.3 Å². The Morgan fingerprint density at radius 1 is 1.32 bits per heavy atom. The highest BCUT2D eigenvalue weighted by Gasteiger charge is 2.35. The first-order valence-corrected chi connectivity index (χ1v) is 11.0. The van der Waals surface area contributed by atoms with Gasteiger partial charge in [-0.25, -0.2) is 8.42 Å². The van der Waals surface area contributed by atoms with Crippen molar-refractivity contribution in [3.63, 3.8) is 0 Å². The molecule has 25 heavy (non-hydrogen) atoms. The predicted molar refractivity (Wildman–Crippen MR) is 101 cm³/mol. The molecule has 2 rings (SSSR count). The van der Waals surface area contributed by atoms with E-state index < -0.39 is 9.84 Å². The highest BCUT2D eigenvalue weighted by Crippen LogP contribution is 2.27. The standard InChI is InChI=1S/C17H24N2O4S2/c1-4-19(15-9-10-25(22,23)11-15)17(21)12(2)24-16-7-5-14(6-8-16)18-13(3)20/h5-8,12,15H,4,9-11H2,1-3H3,(H,18,20). The van der Waals surface area contributed by atoms with Crippen molar-refractivity contribution >= 4 is 39.1 Å². The number of carbonyl (C=O) groups is 2. The van der Waals surface area contributed by atoms with Crippen LogP contribution in [0.5, 0.6) is 0 Å². The van der Waals surface area contributed by atoms with Gasteiger partial charge in [0.05, 0.1) is 16.8 Å². The fraction of sp³-hybridized carbons (Fsp3) is 0.529. The minimum Gasteiger partial charge on any atom is -0.338 e. The summed E-state index contributed by atoms with van der Waals surface area (Å²) in [5.41, 5.74) is 0.710. The second-order valence-electron chi connectivity index (χ2n) is 6.15. The quantitative estimate of drug-likeness (QED) is 0.760. The van der Waals surface area contributed by atoms with Crippen molar-refractivity contribution in [3.8, 4) is 0 Å². The van der Waals surface area contributed by atoms with Crippen LogP contribution in [0.4, 0.5) is 5.69 Å². The maximum atomic E-state index is 12.7. The molecule has 2 unspecified atom stereocenters. The minimum absolute atomic E-state index is 0.0412. The van der Waals surface area contributed by atoms with Gasteiger partial charge in [-0.15, -0.1) is 11.8 Å². The van der Waals surface area contributed by atoms with Gasteiger partial charge in [-0.1, -0.05) is 0 Å². The van der Waals surface area contributed by atoms with Crippen LogP contribution in [-0.2, 0) is 19.4 Å². The second kappa shape index (κ2) is 8.23. The van der Waals surface area contributed by atoms with Crippen LogP contribution in [0, 0.1) is 0 Å². The van der Waals surface area contributed by atoms with Crippen LogP contribution in [0.3, 0.4) is 0 Å². The summed E-state index contributed by atoms with van der Waals surface area (Å²) >= 11 is 1.43. The summed E-state index contributed by atoms with van der Waals surface area (Å²) in [6.45, 7) is 5.67. The number of nitrogens with one attached hydrogen (secondary N) is 1. The molecule has 0 radical (unpaired) electrons. The molecule has 0 saturated carbocycles. The molecule has 1 N–H and O–H groups in total. The van der Waals surface area contributed by atoms with Crippen LogP contribution in [0.15, 0.2) is 29.2 Å². The molecule has 1 aromatic carbocycles. The summed E-state index contributed by atoms with van der Waals surface area (Å²) in [5, 5.41) is 2.39. The third-order valence-corrected chi connectivity index (χ3v) is 6.96. The van der Waals surface area contributed by atoms with Crippen LogP contribution >= 0.6 is 11.8 Å². The highest BCUT2D eigenvalue weighted by molar-refractivity contribution is 8.00. The highest BCUT2D eigenvalue weighted by atomic mass is 32.2. The van der Waals surface area contributed by atoms with Gasteiger partial charge in [-0.3, -0.25) is 9.59 Å². The van der Waals surface area contributed by atoms with Gasteiger partial charge in [-0.05, 0) is 44.5 Å². The molecule has 1 aromatic rings. The van der Waals surface area contributed by atoms with Gasteiger partial charge in [-0.2, -0.15) is 0 Å². The number of anilines is 1. The fourth-order valence-electron chi connectivity index (χ4n) is 2.92. The predicted octanol–water partition coefficient (Wildman–Crippen LogP) is 2.16. The van der Waals surface area contributed by atoms with E-state index in [0.717, 1.165) is 4.90 Å². The van der Waals surface area contributed by atoms with E-state index in [4.69, 9.17) is 0 Å². The molecule has 1 saturated heterocycles. The number of sulfone groups is 1. The van der Waals surface area contributed by atoms with E-state index in [-0.39, 0.29) is 34.6 Å². The lowest BCUT2D eigenvalue weighted by Crippen LogP contribution is -2.44. The first-order chi connectivity index (χ1) is 11.7. The van der Waals surface area contributed by atoms with Crippen molar-refractivity contribution in [1.29, 1.82) is 0 Å². The van der Waals surface area contributed by atoms with Crippen LogP contribution in [0.1, 0.15) is 27.2 Å². The number of hydrogen-bond acceptors (Lipinski definition) is 5. The number of amides is 2. The van der Waals surface area contributed by atoms with Crippen LogP contribution < -0.4 is 5.32 Å². The number of rotatable bonds is 6. The van der Waals surface area contributed by atoms with Gasteiger partial charge in [0.1, 0.15) is 0 Å². The summed E-state index contributed by atoms with van der Waals surface area (Å²) in [4.78, 5) is 26.4. The van der Waals surface area contributed by atoms with Gasteiger partial charge < -0.3 is 10.2 Å². The van der Waals surface area contributed by atoms with Crippen LogP contribution in [0.2, 0.25) is 0 Å². The van der Waals surface area contributed by atoms with Crippen LogP contribution in [0.25, 0.3) is 0 Å². The SMILES string of the molecule is CCN(C(=O)C(C)Sc1ccc(NC(C)=O)cc1)C1CCS(=O)(=O)C1. The Morgan fingerprint density at radius 2 is 1.96 bits per heavy atom. The van der Waals surface area contributed by atoms with Gasteiger partial charge in [0, 0.05) is 30.1 Å². The molecule has 0 aromatic heterocycles. The maximum absolute atomic E-state index is 12.7. The average molecular weight is 385 g/mol. The third kappa shape index (κ3) is 5.47. The van der Waals surface area contributed by atoms with E-state index in [9.17, 15) is 18.0 Å². The Bertz CT molecular complexity index is 732. The van der Waals surface area contributed by atoms with Crippen molar-refractivity contribution in [2.24, 2.45) is 0 Å². The Kier molecular flexibility index (Phi) is 6.51. The monoisotopic (exact) mass is 384 g/mol. The molecule has 0 bridgehead atoms. The lowest BCUT2D eigenvalue weighted by atomic mass is 10.2. The minimum atomic E-state index is -3.02. The molecule has 6 nitrogen and oxygen atoms in total. The Balaban J connectivity index is 2.00. The van der Waals surface area contributed by atoms with Crippen molar-refractivity contribution in [2.45, 2.75) is 43.4 Å². The van der Waals surface area contributed by atoms with Crippen molar-refractivity contribution < 1.29 is 18.0 Å². The second-order valence-corrected chi connectivity index (χ2v) is 9.79. The largest absolute Gasteiger partial charge is 0.338 e. The van der Waals surface area contributed by atoms with E-state index in [1.807, 2.05) is 26.0 Å². The Labute approximate surface area is 153 Å². The first kappa shape index (κ1) is 19.8. The first-order valence-electron chi connectivity index (χ1n) is 8.27. The van der Waals surface area contributed by atoms with Gasteiger partial charge in [0.25, 0.3) is 0 Å². The Hall–Kier alpha value is -1.54. The zero-order chi connectivity index (χ0) is 18.6. The molecule has 1 fully saturated rings. The van der Waals surface area contributed by atoms with E-state index in [1.165, 1.54) is 18.7 Å². The molecular weight excluding hydrogens is 360 g/mol. The van der Waals surface area contributed by atoms with E-state index in [1.54, 1.807) is 17.0 Å². The number of thioether (sulfide) groups is 1. The molecule has 0 spiro atoms. The van der Waals surface area contributed by atoms with E-state index >= 15 is 0 Å². The molecule has 1 aliphatic rings. The number of carbonyl (C=O) groups excluding carboxylic acids is 2. The number of hydrogen-bond donors (Lipinski definition) is 1. The summed E-state index contributed by atoms with van der Waals surface area (Å²) in [6, 6.07) is 7.09. The summed E-state index contributed by atoms with van der Waals surface area (Å²) in [5.74, 6) is 0.0535. The van der Waals surface area contributed by atoms with E-state index in [0.29, 0.717) is 18.7 Å². The van der Waals surface area contributed by atoms with Crippen LogP contribution in [-0.4, -0.2) is 54.5 Å². The third-order valence-electron chi connectivity index (χ3n) is 4.11. The van der Waals surface area contributed by atoms with Crippen molar-refractivity contribution in [1.82, 2.24) is 4.90 Å². The van der Waals surface area contributed by atoms with Crippen molar-refractivity contribution in [2.75, 3.05) is 23.4 Å².